The van der Waals surface area contributed by atoms with E-state index in [2.05, 4.69) is 52.6 Å². The molecule has 8 heteroatoms. The van der Waals surface area contributed by atoms with Crippen molar-refractivity contribution >= 4 is 5.97 Å². The van der Waals surface area contributed by atoms with E-state index in [0.29, 0.717) is 19.0 Å². The summed E-state index contributed by atoms with van der Waals surface area (Å²) in [5, 5.41) is 22.2. The predicted octanol–water partition coefficient (Wildman–Crippen LogP) is 2.15. The van der Waals surface area contributed by atoms with E-state index >= 15 is 0 Å². The van der Waals surface area contributed by atoms with Crippen LogP contribution in [0.2, 0.25) is 0 Å². The van der Waals surface area contributed by atoms with Gasteiger partial charge >= 0.3 is 5.97 Å². The molecule has 0 amide bonds. The Hall–Kier alpha value is -2.22. The number of nitrogens with zero attached hydrogens (tertiary/aromatic N) is 6. The minimum Gasteiger partial charge on any atom is -0.476 e. The molecule has 1 atom stereocenters. The molecule has 0 saturated carbocycles. The van der Waals surface area contributed by atoms with Crippen molar-refractivity contribution in [3.8, 4) is 0 Å². The summed E-state index contributed by atoms with van der Waals surface area (Å²) in [6, 6.07) is 0.592. The van der Waals surface area contributed by atoms with E-state index in [1.165, 1.54) is 0 Å². The first-order valence-corrected chi connectivity index (χ1v) is 9.32. The van der Waals surface area contributed by atoms with Gasteiger partial charge in [-0.2, -0.15) is 5.10 Å². The quantitative estimate of drug-likeness (QED) is 0.814. The van der Waals surface area contributed by atoms with E-state index in [-0.39, 0.29) is 11.7 Å². The molecule has 0 radical (unpaired) electrons. The summed E-state index contributed by atoms with van der Waals surface area (Å²) < 4.78 is 3.97. The molecule has 0 saturated heterocycles. The van der Waals surface area contributed by atoms with E-state index in [1.54, 1.807) is 6.33 Å². The molecule has 0 bridgehead atoms. The second-order valence-electron chi connectivity index (χ2n) is 7.36. The average molecular weight is 360 g/mol. The van der Waals surface area contributed by atoms with E-state index in [1.807, 2.05) is 4.68 Å². The second-order valence-corrected chi connectivity index (χ2v) is 7.36. The molecule has 2 aromatic heterocycles. The third-order valence-electron chi connectivity index (χ3n) is 5.18. The fourth-order valence-electron chi connectivity index (χ4n) is 3.78. The first kappa shape index (κ1) is 18.6. The maximum Gasteiger partial charge on any atom is 0.356 e. The van der Waals surface area contributed by atoms with Gasteiger partial charge in [0.25, 0.3) is 0 Å². The van der Waals surface area contributed by atoms with Gasteiger partial charge in [0, 0.05) is 29.9 Å². The van der Waals surface area contributed by atoms with Gasteiger partial charge < -0.3 is 9.67 Å². The third kappa shape index (κ3) is 3.51. The summed E-state index contributed by atoms with van der Waals surface area (Å²) in [7, 11) is 2.08. The van der Waals surface area contributed by atoms with E-state index in [0.717, 1.165) is 42.9 Å². The van der Waals surface area contributed by atoms with Crippen LogP contribution in [0.5, 0.6) is 0 Å². The standard InChI is InChI=1S/C18H28N6O2/c1-5-8-24-15-7-6-13(9-14(15)17(21-24)18(25)26)22(4)10-16-20-19-11-23(16)12(2)3/h11-13H,5-10H2,1-4H3,(H,25,26)/t13-/m1/s1. The van der Waals surface area contributed by atoms with Crippen LogP contribution >= 0.6 is 0 Å². The van der Waals surface area contributed by atoms with Crippen molar-refractivity contribution < 1.29 is 9.90 Å². The molecule has 1 N–H and O–H groups in total. The second kappa shape index (κ2) is 7.57. The summed E-state index contributed by atoms with van der Waals surface area (Å²) in [5.74, 6) is 0.00684. The third-order valence-corrected chi connectivity index (χ3v) is 5.18. The zero-order chi connectivity index (χ0) is 18.8. The number of rotatable bonds is 7. The minimum absolute atomic E-state index is 0.219. The average Bonchev–Trinajstić information content (AvgIpc) is 3.19. The highest BCUT2D eigenvalue weighted by Gasteiger charge is 2.31. The zero-order valence-electron chi connectivity index (χ0n) is 16.0. The summed E-state index contributed by atoms with van der Waals surface area (Å²) in [4.78, 5) is 13.9. The lowest BCUT2D eigenvalue weighted by molar-refractivity contribution is 0.0687. The highest BCUT2D eigenvalue weighted by Crippen LogP contribution is 2.28. The summed E-state index contributed by atoms with van der Waals surface area (Å²) in [6.45, 7) is 7.78. The number of aromatic nitrogens is 5. The topological polar surface area (TPSA) is 89.1 Å². The Labute approximate surface area is 153 Å². The SMILES string of the molecule is CCCn1nc(C(=O)O)c2c1CC[C@@H](N(C)Cc1nncn1C(C)C)C2. The normalized spacial score (nSPS) is 17.1. The first-order valence-electron chi connectivity index (χ1n) is 9.32. The smallest absolute Gasteiger partial charge is 0.356 e. The van der Waals surface area contributed by atoms with Crippen molar-refractivity contribution in [2.45, 2.75) is 71.6 Å². The van der Waals surface area contributed by atoms with Gasteiger partial charge in [-0.25, -0.2) is 4.79 Å². The largest absolute Gasteiger partial charge is 0.476 e. The number of carboxylic acid groups (broad SMARTS) is 1. The van der Waals surface area contributed by atoms with Crippen molar-refractivity contribution in [1.82, 2.24) is 29.4 Å². The molecule has 26 heavy (non-hydrogen) atoms. The number of aromatic carboxylic acids is 1. The molecule has 3 rings (SSSR count). The highest BCUT2D eigenvalue weighted by atomic mass is 16.4. The molecule has 0 unspecified atom stereocenters. The van der Waals surface area contributed by atoms with Crippen LogP contribution in [0.25, 0.3) is 0 Å². The molecule has 0 fully saturated rings. The monoisotopic (exact) mass is 360 g/mol. The number of likely N-dealkylation sites (N-methyl/N-ethyl adjacent to an activating group) is 1. The molecular formula is C18H28N6O2. The van der Waals surface area contributed by atoms with Crippen LogP contribution in [-0.2, 0) is 25.9 Å². The maximum atomic E-state index is 11.6. The Morgan fingerprint density at radius 3 is 2.88 bits per heavy atom. The molecule has 0 spiro atoms. The van der Waals surface area contributed by atoms with Crippen molar-refractivity contribution in [2.75, 3.05) is 7.05 Å². The number of carbonyl (C=O) groups is 1. The Morgan fingerprint density at radius 2 is 2.23 bits per heavy atom. The van der Waals surface area contributed by atoms with Crippen LogP contribution in [0.3, 0.4) is 0 Å². The van der Waals surface area contributed by atoms with Gasteiger partial charge in [0.2, 0.25) is 0 Å². The maximum absolute atomic E-state index is 11.6. The highest BCUT2D eigenvalue weighted by molar-refractivity contribution is 5.87. The minimum atomic E-state index is -0.932. The van der Waals surface area contributed by atoms with Gasteiger partial charge in [0.05, 0.1) is 6.54 Å². The summed E-state index contributed by atoms with van der Waals surface area (Å²) in [5.41, 5.74) is 2.22. The predicted molar refractivity (Wildman–Crippen MR) is 97.2 cm³/mol. The number of hydrogen-bond donors (Lipinski definition) is 1. The van der Waals surface area contributed by atoms with Crippen molar-refractivity contribution in [3.63, 3.8) is 0 Å². The van der Waals surface area contributed by atoms with Gasteiger partial charge in [-0.1, -0.05) is 6.92 Å². The number of fused-ring (bicyclic) bond motifs is 1. The van der Waals surface area contributed by atoms with Crippen molar-refractivity contribution in [3.05, 3.63) is 29.1 Å². The molecule has 1 aliphatic carbocycles. The first-order chi connectivity index (χ1) is 12.4. The van der Waals surface area contributed by atoms with Gasteiger partial charge in [0.1, 0.15) is 12.2 Å². The Bertz CT molecular complexity index is 779. The molecular weight excluding hydrogens is 332 g/mol. The van der Waals surface area contributed by atoms with Crippen LogP contribution in [0.4, 0.5) is 0 Å². The van der Waals surface area contributed by atoms with Crippen LogP contribution in [-0.4, -0.2) is 53.6 Å². The Kier molecular flexibility index (Phi) is 5.41. The lowest BCUT2D eigenvalue weighted by Gasteiger charge is -2.31. The molecule has 142 valence electrons. The summed E-state index contributed by atoms with van der Waals surface area (Å²) >= 11 is 0. The van der Waals surface area contributed by atoms with Crippen LogP contribution in [0.1, 0.15) is 67.2 Å². The van der Waals surface area contributed by atoms with Crippen LogP contribution in [0, 0.1) is 0 Å². The number of aryl methyl sites for hydroxylation is 1. The molecule has 8 nitrogen and oxygen atoms in total. The van der Waals surface area contributed by atoms with Gasteiger partial charge in [-0.15, -0.1) is 10.2 Å². The fourth-order valence-corrected chi connectivity index (χ4v) is 3.78. The summed E-state index contributed by atoms with van der Waals surface area (Å²) in [6.07, 6.45) is 5.29. The molecule has 0 aliphatic heterocycles. The molecule has 2 heterocycles. The van der Waals surface area contributed by atoms with E-state index in [9.17, 15) is 9.90 Å². The van der Waals surface area contributed by atoms with Crippen molar-refractivity contribution in [1.29, 1.82) is 0 Å². The molecule has 2 aromatic rings. The number of carboxylic acids is 1. The fraction of sp³-hybridized carbons (Fsp3) is 0.667. The lowest BCUT2D eigenvalue weighted by Crippen LogP contribution is -2.37. The number of hydrogen-bond acceptors (Lipinski definition) is 5. The zero-order valence-corrected chi connectivity index (χ0v) is 16.0. The Balaban J connectivity index is 1.79. The Morgan fingerprint density at radius 1 is 1.46 bits per heavy atom. The van der Waals surface area contributed by atoms with E-state index < -0.39 is 5.97 Å². The van der Waals surface area contributed by atoms with Crippen LogP contribution < -0.4 is 0 Å². The van der Waals surface area contributed by atoms with Crippen LogP contribution in [0.15, 0.2) is 6.33 Å². The lowest BCUT2D eigenvalue weighted by atomic mass is 9.90. The molecule has 1 aliphatic rings. The van der Waals surface area contributed by atoms with Crippen molar-refractivity contribution in [2.24, 2.45) is 0 Å². The van der Waals surface area contributed by atoms with Gasteiger partial charge in [-0.3, -0.25) is 9.58 Å². The van der Waals surface area contributed by atoms with Gasteiger partial charge in [-0.05, 0) is 46.6 Å². The van der Waals surface area contributed by atoms with E-state index in [4.69, 9.17) is 0 Å². The molecule has 0 aromatic carbocycles. The van der Waals surface area contributed by atoms with Gasteiger partial charge in [0.15, 0.2) is 5.69 Å².